The minimum absolute atomic E-state index is 0.0570. The second-order valence-electron chi connectivity index (χ2n) is 7.26. The van der Waals surface area contributed by atoms with Crippen molar-refractivity contribution in [1.29, 1.82) is 0 Å². The smallest absolute Gasteiger partial charge is 0.247 e. The molecule has 1 N–H and O–H groups in total. The van der Waals surface area contributed by atoms with Gasteiger partial charge in [-0.1, -0.05) is 6.07 Å². The van der Waals surface area contributed by atoms with Gasteiger partial charge in [0.25, 0.3) is 0 Å². The Morgan fingerprint density at radius 2 is 1.54 bits per heavy atom. The van der Waals surface area contributed by atoms with Crippen molar-refractivity contribution in [2.75, 3.05) is 15.9 Å². The highest BCUT2D eigenvalue weighted by molar-refractivity contribution is 7.92. The number of nitrogens with zero attached hydrogens (tertiary/aromatic N) is 1. The van der Waals surface area contributed by atoms with E-state index in [4.69, 9.17) is 4.74 Å². The number of rotatable bonds is 7. The van der Waals surface area contributed by atoms with Crippen molar-refractivity contribution in [3.8, 4) is 5.75 Å². The zero-order valence-electron chi connectivity index (χ0n) is 17.2. The van der Waals surface area contributed by atoms with E-state index < -0.39 is 22.0 Å². The summed E-state index contributed by atoms with van der Waals surface area (Å²) >= 11 is 0. The van der Waals surface area contributed by atoms with Gasteiger partial charge in [-0.3, -0.25) is 9.10 Å². The third-order valence-electron chi connectivity index (χ3n) is 4.04. The van der Waals surface area contributed by atoms with Crippen LogP contribution in [0.1, 0.15) is 31.9 Å². The Bertz CT molecular complexity index is 917. The second kappa shape index (κ2) is 8.65. The molecule has 1 amide bonds. The van der Waals surface area contributed by atoms with Crippen molar-refractivity contribution in [3.05, 3.63) is 53.6 Å². The topological polar surface area (TPSA) is 75.7 Å². The number of carbonyl (C=O) groups is 1. The Morgan fingerprint density at radius 1 is 1.00 bits per heavy atom. The average Bonchev–Trinajstić information content (AvgIpc) is 2.54. The van der Waals surface area contributed by atoms with E-state index >= 15 is 0 Å². The van der Waals surface area contributed by atoms with Gasteiger partial charge in [0, 0.05) is 5.69 Å². The van der Waals surface area contributed by atoms with Crippen LogP contribution in [-0.2, 0) is 14.8 Å². The summed E-state index contributed by atoms with van der Waals surface area (Å²) in [6, 6.07) is 11.5. The number of sulfonamides is 1. The van der Waals surface area contributed by atoms with Crippen LogP contribution >= 0.6 is 0 Å². The number of hydrogen-bond acceptors (Lipinski definition) is 4. The van der Waals surface area contributed by atoms with E-state index in [-0.39, 0.29) is 6.10 Å². The van der Waals surface area contributed by atoms with Crippen LogP contribution in [0.5, 0.6) is 5.75 Å². The number of nitrogens with one attached hydrogen (secondary N) is 1. The van der Waals surface area contributed by atoms with Crippen LogP contribution in [0.25, 0.3) is 0 Å². The maximum Gasteiger partial charge on any atom is 0.247 e. The summed E-state index contributed by atoms with van der Waals surface area (Å²) in [5, 5.41) is 2.77. The lowest BCUT2D eigenvalue weighted by molar-refractivity contribution is -0.116. The first-order chi connectivity index (χ1) is 13.0. The van der Waals surface area contributed by atoms with Crippen molar-refractivity contribution in [2.24, 2.45) is 0 Å². The lowest BCUT2D eigenvalue weighted by atomic mass is 10.1. The fourth-order valence-electron chi connectivity index (χ4n) is 3.02. The van der Waals surface area contributed by atoms with E-state index in [1.165, 1.54) is 0 Å². The van der Waals surface area contributed by atoms with Crippen molar-refractivity contribution in [3.63, 3.8) is 0 Å². The van der Waals surface area contributed by atoms with Crippen LogP contribution < -0.4 is 14.4 Å². The van der Waals surface area contributed by atoms with Gasteiger partial charge in [-0.05, 0) is 82.1 Å². The van der Waals surface area contributed by atoms with Gasteiger partial charge in [-0.15, -0.1) is 0 Å². The predicted molar refractivity (Wildman–Crippen MR) is 114 cm³/mol. The van der Waals surface area contributed by atoms with Gasteiger partial charge in [0.05, 0.1) is 18.0 Å². The Hall–Kier alpha value is -2.54. The van der Waals surface area contributed by atoms with Gasteiger partial charge in [0.1, 0.15) is 11.8 Å². The van der Waals surface area contributed by atoms with Crippen molar-refractivity contribution < 1.29 is 17.9 Å². The molecule has 0 spiro atoms. The molecule has 2 aromatic carbocycles. The number of amides is 1. The van der Waals surface area contributed by atoms with E-state index in [0.717, 1.165) is 21.7 Å². The molecule has 0 aliphatic rings. The molecule has 2 rings (SSSR count). The Balaban J connectivity index is 2.24. The number of benzene rings is 2. The monoisotopic (exact) mass is 404 g/mol. The quantitative estimate of drug-likeness (QED) is 0.760. The number of carbonyl (C=O) groups excluding carboxylic acids is 1. The van der Waals surface area contributed by atoms with Crippen molar-refractivity contribution in [1.82, 2.24) is 0 Å². The van der Waals surface area contributed by atoms with E-state index in [2.05, 4.69) is 5.32 Å². The molecule has 0 heterocycles. The normalized spacial score (nSPS) is 12.5. The zero-order valence-corrected chi connectivity index (χ0v) is 18.0. The van der Waals surface area contributed by atoms with Crippen LogP contribution in [0.4, 0.5) is 11.4 Å². The van der Waals surface area contributed by atoms with Crippen molar-refractivity contribution >= 4 is 27.3 Å². The number of anilines is 2. The Morgan fingerprint density at radius 3 is 2.00 bits per heavy atom. The van der Waals surface area contributed by atoms with Crippen LogP contribution in [0.2, 0.25) is 0 Å². The van der Waals surface area contributed by atoms with Gasteiger partial charge in [0.15, 0.2) is 0 Å². The highest BCUT2D eigenvalue weighted by atomic mass is 32.2. The van der Waals surface area contributed by atoms with Gasteiger partial charge in [-0.2, -0.15) is 0 Å². The third kappa shape index (κ3) is 5.73. The van der Waals surface area contributed by atoms with Crippen molar-refractivity contribution in [2.45, 2.75) is 46.8 Å². The van der Waals surface area contributed by atoms with Crippen LogP contribution in [0.3, 0.4) is 0 Å². The molecular weight excluding hydrogens is 376 g/mol. The Labute approximate surface area is 167 Å². The van der Waals surface area contributed by atoms with Crippen LogP contribution in [0, 0.1) is 13.8 Å². The molecule has 0 aliphatic carbocycles. The molecule has 28 heavy (non-hydrogen) atoms. The molecule has 1 atom stereocenters. The SMILES string of the molecule is Cc1cc(C)cc(N([C@H](C)C(=O)Nc2ccc(OC(C)C)cc2)S(C)(=O)=O)c1. The molecule has 152 valence electrons. The summed E-state index contributed by atoms with van der Waals surface area (Å²) < 4.78 is 31.6. The lowest BCUT2D eigenvalue weighted by Gasteiger charge is -2.28. The maximum absolute atomic E-state index is 12.8. The summed E-state index contributed by atoms with van der Waals surface area (Å²) in [7, 11) is -3.66. The molecular formula is C21H28N2O4S. The molecule has 0 saturated carbocycles. The first kappa shape index (κ1) is 21.8. The molecule has 0 aromatic heterocycles. The largest absolute Gasteiger partial charge is 0.491 e. The number of hydrogen-bond donors (Lipinski definition) is 1. The summed E-state index contributed by atoms with van der Waals surface area (Å²) in [4.78, 5) is 12.8. The van der Waals surface area contributed by atoms with Gasteiger partial charge in [-0.25, -0.2) is 8.42 Å². The van der Waals surface area contributed by atoms with Crippen LogP contribution in [0.15, 0.2) is 42.5 Å². The summed E-state index contributed by atoms with van der Waals surface area (Å²) in [5.41, 5.74) is 2.90. The van der Waals surface area contributed by atoms with Gasteiger partial charge >= 0.3 is 0 Å². The molecule has 0 saturated heterocycles. The highest BCUT2D eigenvalue weighted by Crippen LogP contribution is 2.25. The van der Waals surface area contributed by atoms with E-state index in [1.807, 2.05) is 33.8 Å². The fraction of sp³-hybridized carbons (Fsp3) is 0.381. The number of aryl methyl sites for hydroxylation is 2. The average molecular weight is 405 g/mol. The third-order valence-corrected chi connectivity index (χ3v) is 5.28. The Kier molecular flexibility index (Phi) is 6.72. The first-order valence-corrected chi connectivity index (χ1v) is 11.0. The second-order valence-corrected chi connectivity index (χ2v) is 9.12. The maximum atomic E-state index is 12.8. The summed E-state index contributed by atoms with van der Waals surface area (Å²) in [6.45, 7) is 9.23. The standard InChI is InChI=1S/C21H28N2O4S/c1-14(2)27-20-9-7-18(8-10-20)22-21(24)17(5)23(28(6,25)26)19-12-15(3)11-16(4)13-19/h7-14,17H,1-6H3,(H,22,24)/t17-/m1/s1. The number of ether oxygens (including phenoxy) is 1. The van der Waals surface area contributed by atoms with E-state index in [1.54, 1.807) is 43.3 Å². The zero-order chi connectivity index (χ0) is 21.1. The molecule has 2 aromatic rings. The first-order valence-electron chi connectivity index (χ1n) is 9.12. The predicted octanol–water partition coefficient (Wildman–Crippen LogP) is 3.88. The molecule has 0 bridgehead atoms. The molecule has 0 fully saturated rings. The minimum Gasteiger partial charge on any atom is -0.491 e. The lowest BCUT2D eigenvalue weighted by Crippen LogP contribution is -2.45. The van der Waals surface area contributed by atoms with Crippen LogP contribution in [-0.4, -0.2) is 32.7 Å². The molecule has 0 unspecified atom stereocenters. The summed E-state index contributed by atoms with van der Waals surface area (Å²) in [6.07, 6.45) is 1.16. The van der Waals surface area contributed by atoms with E-state index in [0.29, 0.717) is 17.1 Å². The molecule has 6 nitrogen and oxygen atoms in total. The van der Waals surface area contributed by atoms with E-state index in [9.17, 15) is 13.2 Å². The summed E-state index contributed by atoms with van der Waals surface area (Å²) in [5.74, 6) is 0.288. The molecule has 0 aliphatic heterocycles. The highest BCUT2D eigenvalue weighted by Gasteiger charge is 2.29. The minimum atomic E-state index is -3.66. The molecule has 0 radical (unpaired) electrons. The van der Waals surface area contributed by atoms with Gasteiger partial charge < -0.3 is 10.1 Å². The fourth-order valence-corrected chi connectivity index (χ4v) is 4.18. The van der Waals surface area contributed by atoms with Gasteiger partial charge in [0.2, 0.25) is 15.9 Å². The molecule has 7 heteroatoms.